The highest BCUT2D eigenvalue weighted by molar-refractivity contribution is 5.96. The predicted molar refractivity (Wildman–Crippen MR) is 76.4 cm³/mol. The molecule has 1 heterocycles. The van der Waals surface area contributed by atoms with Crippen molar-refractivity contribution in [1.82, 2.24) is 10.3 Å². The van der Waals surface area contributed by atoms with Crippen molar-refractivity contribution in [1.29, 1.82) is 0 Å². The first-order valence-corrected chi connectivity index (χ1v) is 6.46. The van der Waals surface area contributed by atoms with Crippen LogP contribution in [0.4, 0.5) is 11.5 Å². The van der Waals surface area contributed by atoms with Gasteiger partial charge >= 0.3 is 5.97 Å². The van der Waals surface area contributed by atoms with Crippen LogP contribution >= 0.6 is 0 Å². The van der Waals surface area contributed by atoms with Gasteiger partial charge in [0.2, 0.25) is 5.91 Å². The van der Waals surface area contributed by atoms with Gasteiger partial charge in [0, 0.05) is 6.54 Å². The van der Waals surface area contributed by atoms with E-state index in [-0.39, 0.29) is 23.9 Å². The fourth-order valence-electron chi connectivity index (χ4n) is 1.56. The van der Waals surface area contributed by atoms with Gasteiger partial charge in [-0.25, -0.2) is 9.78 Å². The fraction of sp³-hybridized carbons (Fsp3) is 0.462. The number of rotatable bonds is 6. The standard InChI is InChI=1S/C13H20N4O3/c1-4-15-12(18)8(3)17-11-10(13(19)20-5-2)6-9(14)7-16-11/h6-8H,4-5,14H2,1-3H3,(H,15,18)(H,16,17). The molecule has 7 nitrogen and oxygen atoms in total. The Balaban J connectivity index is 2.94. The van der Waals surface area contributed by atoms with Gasteiger partial charge in [-0.3, -0.25) is 4.79 Å². The number of hydrogen-bond acceptors (Lipinski definition) is 6. The van der Waals surface area contributed by atoms with Crippen molar-refractivity contribution in [3.8, 4) is 0 Å². The Morgan fingerprint density at radius 1 is 1.45 bits per heavy atom. The second-order valence-corrected chi connectivity index (χ2v) is 4.15. The zero-order valence-electron chi connectivity index (χ0n) is 11.9. The van der Waals surface area contributed by atoms with Gasteiger partial charge in [-0.1, -0.05) is 0 Å². The fourth-order valence-corrected chi connectivity index (χ4v) is 1.56. The molecule has 1 unspecified atom stereocenters. The summed E-state index contributed by atoms with van der Waals surface area (Å²) < 4.78 is 4.94. The minimum absolute atomic E-state index is 0.180. The summed E-state index contributed by atoms with van der Waals surface area (Å²) in [6.45, 7) is 6.00. The first kappa shape index (κ1) is 15.7. The van der Waals surface area contributed by atoms with Gasteiger partial charge < -0.3 is 21.1 Å². The number of ether oxygens (including phenoxy) is 1. The average molecular weight is 280 g/mol. The van der Waals surface area contributed by atoms with E-state index >= 15 is 0 Å². The number of carbonyl (C=O) groups excluding carboxylic acids is 2. The summed E-state index contributed by atoms with van der Waals surface area (Å²) in [5.41, 5.74) is 6.18. The van der Waals surface area contributed by atoms with Gasteiger partial charge in [-0.15, -0.1) is 0 Å². The molecule has 0 saturated carbocycles. The number of esters is 1. The summed E-state index contributed by atoms with van der Waals surface area (Å²) in [5, 5.41) is 5.56. The van der Waals surface area contributed by atoms with Crippen molar-refractivity contribution in [2.24, 2.45) is 0 Å². The van der Waals surface area contributed by atoms with Crippen LogP contribution in [-0.4, -0.2) is 36.1 Å². The lowest BCUT2D eigenvalue weighted by atomic mass is 10.2. The van der Waals surface area contributed by atoms with E-state index in [1.807, 2.05) is 6.92 Å². The van der Waals surface area contributed by atoms with Crippen LogP contribution in [-0.2, 0) is 9.53 Å². The summed E-state index contributed by atoms with van der Waals surface area (Å²) in [5.74, 6) is -0.435. The largest absolute Gasteiger partial charge is 0.462 e. The Morgan fingerprint density at radius 3 is 2.75 bits per heavy atom. The maximum Gasteiger partial charge on any atom is 0.341 e. The monoisotopic (exact) mass is 280 g/mol. The first-order valence-electron chi connectivity index (χ1n) is 6.46. The second-order valence-electron chi connectivity index (χ2n) is 4.15. The van der Waals surface area contributed by atoms with E-state index in [1.54, 1.807) is 13.8 Å². The highest BCUT2D eigenvalue weighted by Crippen LogP contribution is 2.17. The van der Waals surface area contributed by atoms with Gasteiger partial charge in [0.1, 0.15) is 17.4 Å². The minimum atomic E-state index is -0.530. The number of carbonyl (C=O) groups is 2. The number of nitrogens with one attached hydrogen (secondary N) is 2. The topological polar surface area (TPSA) is 106 Å². The summed E-state index contributed by atoms with van der Waals surface area (Å²) in [7, 11) is 0. The highest BCUT2D eigenvalue weighted by atomic mass is 16.5. The van der Waals surface area contributed by atoms with Crippen molar-refractivity contribution in [3.63, 3.8) is 0 Å². The number of aromatic nitrogens is 1. The minimum Gasteiger partial charge on any atom is -0.462 e. The molecule has 7 heteroatoms. The maximum absolute atomic E-state index is 11.8. The average Bonchev–Trinajstić information content (AvgIpc) is 2.41. The molecule has 1 aromatic rings. The predicted octanol–water partition coefficient (Wildman–Crippen LogP) is 0.777. The molecule has 0 aliphatic rings. The van der Waals surface area contributed by atoms with Crippen molar-refractivity contribution in [3.05, 3.63) is 17.8 Å². The molecule has 0 aliphatic heterocycles. The molecule has 0 aliphatic carbocycles. The molecule has 4 N–H and O–H groups in total. The van der Waals surface area contributed by atoms with Crippen molar-refractivity contribution in [2.75, 3.05) is 24.2 Å². The van der Waals surface area contributed by atoms with E-state index < -0.39 is 12.0 Å². The van der Waals surface area contributed by atoms with E-state index in [9.17, 15) is 9.59 Å². The number of nitrogens with zero attached hydrogens (tertiary/aromatic N) is 1. The Kier molecular flexibility index (Phi) is 5.76. The smallest absolute Gasteiger partial charge is 0.341 e. The molecule has 0 radical (unpaired) electrons. The lowest BCUT2D eigenvalue weighted by molar-refractivity contribution is -0.121. The summed E-state index contributed by atoms with van der Waals surface area (Å²) >= 11 is 0. The molecule has 0 fully saturated rings. The number of hydrogen-bond donors (Lipinski definition) is 3. The first-order chi connectivity index (χ1) is 9.49. The Hall–Kier alpha value is -2.31. The third-order valence-corrected chi connectivity index (χ3v) is 2.50. The molecular formula is C13H20N4O3. The van der Waals surface area contributed by atoms with Crippen molar-refractivity contribution < 1.29 is 14.3 Å². The van der Waals surface area contributed by atoms with Crippen LogP contribution < -0.4 is 16.4 Å². The Labute approximate surface area is 117 Å². The lowest BCUT2D eigenvalue weighted by Crippen LogP contribution is -2.38. The normalized spacial score (nSPS) is 11.6. The zero-order chi connectivity index (χ0) is 15.1. The third-order valence-electron chi connectivity index (χ3n) is 2.50. The van der Waals surface area contributed by atoms with E-state index in [1.165, 1.54) is 12.3 Å². The number of amides is 1. The van der Waals surface area contributed by atoms with Gasteiger partial charge in [-0.2, -0.15) is 0 Å². The van der Waals surface area contributed by atoms with Crippen molar-refractivity contribution in [2.45, 2.75) is 26.8 Å². The number of pyridine rings is 1. The maximum atomic E-state index is 11.8. The van der Waals surface area contributed by atoms with Gasteiger partial charge in [0.05, 0.1) is 18.5 Å². The van der Waals surface area contributed by atoms with E-state index in [0.717, 1.165) is 0 Å². The van der Waals surface area contributed by atoms with Crippen LogP contribution in [0.1, 0.15) is 31.1 Å². The van der Waals surface area contributed by atoms with Gasteiger partial charge in [0.25, 0.3) is 0 Å². The van der Waals surface area contributed by atoms with E-state index in [0.29, 0.717) is 12.2 Å². The van der Waals surface area contributed by atoms with Crippen LogP contribution in [0, 0.1) is 0 Å². The quantitative estimate of drug-likeness (QED) is 0.665. The van der Waals surface area contributed by atoms with Gasteiger partial charge in [0.15, 0.2) is 0 Å². The molecule has 1 aromatic heterocycles. The molecule has 110 valence electrons. The zero-order valence-corrected chi connectivity index (χ0v) is 11.9. The van der Waals surface area contributed by atoms with Crippen LogP contribution in [0.25, 0.3) is 0 Å². The Morgan fingerprint density at radius 2 is 2.15 bits per heavy atom. The van der Waals surface area contributed by atoms with Crippen LogP contribution in [0.5, 0.6) is 0 Å². The molecule has 0 spiro atoms. The molecular weight excluding hydrogens is 260 g/mol. The van der Waals surface area contributed by atoms with Crippen molar-refractivity contribution >= 4 is 23.4 Å². The number of likely N-dealkylation sites (N-methyl/N-ethyl adjacent to an activating group) is 1. The summed E-state index contributed by atoms with van der Waals surface area (Å²) in [6.07, 6.45) is 1.41. The SMILES string of the molecule is CCNC(=O)C(C)Nc1ncc(N)cc1C(=O)OCC. The lowest BCUT2D eigenvalue weighted by Gasteiger charge is -2.16. The highest BCUT2D eigenvalue weighted by Gasteiger charge is 2.18. The summed E-state index contributed by atoms with van der Waals surface area (Å²) in [6, 6.07) is 0.942. The van der Waals surface area contributed by atoms with Crippen LogP contribution in [0.3, 0.4) is 0 Å². The summed E-state index contributed by atoms with van der Waals surface area (Å²) in [4.78, 5) is 27.6. The number of nitrogens with two attached hydrogens (primary N) is 1. The Bertz CT molecular complexity index is 491. The molecule has 20 heavy (non-hydrogen) atoms. The second kappa shape index (κ2) is 7.32. The van der Waals surface area contributed by atoms with E-state index in [2.05, 4.69) is 15.6 Å². The molecule has 0 bridgehead atoms. The molecule has 1 atom stereocenters. The third kappa shape index (κ3) is 4.11. The molecule has 1 amide bonds. The number of nitrogen functional groups attached to an aromatic ring is 1. The van der Waals surface area contributed by atoms with Crippen LogP contribution in [0.2, 0.25) is 0 Å². The molecule has 1 rings (SSSR count). The molecule has 0 saturated heterocycles. The number of anilines is 2. The van der Waals surface area contributed by atoms with Crippen LogP contribution in [0.15, 0.2) is 12.3 Å². The van der Waals surface area contributed by atoms with Gasteiger partial charge in [-0.05, 0) is 26.8 Å². The molecule has 0 aromatic carbocycles. The van der Waals surface area contributed by atoms with E-state index in [4.69, 9.17) is 10.5 Å².